The minimum absolute atomic E-state index is 0.151. The lowest BCUT2D eigenvalue weighted by Crippen LogP contribution is -2.43. The van der Waals surface area contributed by atoms with E-state index in [0.29, 0.717) is 18.0 Å². The van der Waals surface area contributed by atoms with Gasteiger partial charge in [-0.15, -0.1) is 0 Å². The number of carbonyl (C=O) groups is 1. The van der Waals surface area contributed by atoms with Crippen molar-refractivity contribution in [2.45, 2.75) is 69.5 Å². The van der Waals surface area contributed by atoms with Crippen molar-refractivity contribution in [3.8, 4) is 0 Å². The summed E-state index contributed by atoms with van der Waals surface area (Å²) in [5, 5.41) is 3.69. The maximum atomic E-state index is 12.7. The maximum absolute atomic E-state index is 12.7. The van der Waals surface area contributed by atoms with Gasteiger partial charge in [-0.2, -0.15) is 0 Å². The molecule has 1 aliphatic heterocycles. The standard InChI is InChI=1S/C17H28N2O2/c20-16-17(8-9-17)18-15(14-4-1-2-5-14)19(16)10-3-11-21-12-13-6-7-13/h13-15,18H,1-12H2. The highest BCUT2D eigenvalue weighted by Gasteiger charge is 2.60. The van der Waals surface area contributed by atoms with E-state index in [1.807, 2.05) is 0 Å². The van der Waals surface area contributed by atoms with Crippen LogP contribution in [0.25, 0.3) is 0 Å². The van der Waals surface area contributed by atoms with Gasteiger partial charge in [0, 0.05) is 19.8 Å². The number of carbonyl (C=O) groups excluding carboxylic acids is 1. The number of hydrogen-bond donors (Lipinski definition) is 1. The van der Waals surface area contributed by atoms with Crippen molar-refractivity contribution < 1.29 is 9.53 Å². The zero-order valence-corrected chi connectivity index (χ0v) is 13.0. The largest absolute Gasteiger partial charge is 0.381 e. The van der Waals surface area contributed by atoms with Crippen LogP contribution in [-0.4, -0.2) is 42.3 Å². The second-order valence-electron chi connectivity index (χ2n) is 7.59. The van der Waals surface area contributed by atoms with E-state index in [9.17, 15) is 4.79 Å². The van der Waals surface area contributed by atoms with Gasteiger partial charge in [0.05, 0.1) is 11.7 Å². The first-order valence-corrected chi connectivity index (χ1v) is 8.95. The molecule has 1 atom stereocenters. The molecule has 0 aromatic heterocycles. The molecule has 4 nitrogen and oxygen atoms in total. The van der Waals surface area contributed by atoms with Crippen LogP contribution in [0.3, 0.4) is 0 Å². The average Bonchev–Trinajstić information content (AvgIpc) is 3.38. The van der Waals surface area contributed by atoms with Crippen LogP contribution in [0.15, 0.2) is 0 Å². The molecule has 1 amide bonds. The molecular formula is C17H28N2O2. The third kappa shape index (κ3) is 2.85. The number of nitrogens with zero attached hydrogens (tertiary/aromatic N) is 1. The molecule has 118 valence electrons. The molecule has 21 heavy (non-hydrogen) atoms. The van der Waals surface area contributed by atoms with Crippen molar-refractivity contribution in [3.63, 3.8) is 0 Å². The molecule has 0 aromatic rings. The van der Waals surface area contributed by atoms with Crippen molar-refractivity contribution in [2.24, 2.45) is 11.8 Å². The molecule has 1 saturated heterocycles. The Morgan fingerprint density at radius 2 is 1.95 bits per heavy atom. The van der Waals surface area contributed by atoms with Gasteiger partial charge in [-0.25, -0.2) is 0 Å². The van der Waals surface area contributed by atoms with Gasteiger partial charge in [0.15, 0.2) is 0 Å². The molecule has 0 radical (unpaired) electrons. The normalized spacial score (nSPS) is 31.5. The smallest absolute Gasteiger partial charge is 0.244 e. The molecular weight excluding hydrogens is 264 g/mol. The number of ether oxygens (including phenoxy) is 1. The van der Waals surface area contributed by atoms with E-state index >= 15 is 0 Å². The summed E-state index contributed by atoms with van der Waals surface area (Å²) in [6.07, 6.45) is 11.3. The summed E-state index contributed by atoms with van der Waals surface area (Å²) < 4.78 is 5.72. The second-order valence-corrected chi connectivity index (χ2v) is 7.59. The molecule has 1 spiro atoms. The lowest BCUT2D eigenvalue weighted by Gasteiger charge is -2.29. The topological polar surface area (TPSA) is 41.6 Å². The zero-order chi connectivity index (χ0) is 14.3. The first-order chi connectivity index (χ1) is 10.3. The van der Waals surface area contributed by atoms with Crippen molar-refractivity contribution in [2.75, 3.05) is 19.8 Å². The Kier molecular flexibility index (Phi) is 3.70. The molecule has 0 bridgehead atoms. The third-order valence-electron chi connectivity index (χ3n) is 5.76. The quantitative estimate of drug-likeness (QED) is 0.732. The first-order valence-electron chi connectivity index (χ1n) is 8.95. The highest BCUT2D eigenvalue weighted by Crippen LogP contribution is 2.45. The van der Waals surface area contributed by atoms with E-state index in [0.717, 1.165) is 44.9 Å². The third-order valence-corrected chi connectivity index (χ3v) is 5.76. The SMILES string of the molecule is O=C1N(CCCOCC2CC2)C(C2CCCC2)NC12CC2. The fraction of sp³-hybridized carbons (Fsp3) is 0.941. The van der Waals surface area contributed by atoms with Gasteiger partial charge in [-0.1, -0.05) is 12.8 Å². The van der Waals surface area contributed by atoms with Crippen LogP contribution < -0.4 is 5.32 Å². The number of amides is 1. The van der Waals surface area contributed by atoms with E-state index in [1.54, 1.807) is 0 Å². The van der Waals surface area contributed by atoms with Crippen molar-refractivity contribution >= 4 is 5.91 Å². The van der Waals surface area contributed by atoms with Gasteiger partial charge in [-0.3, -0.25) is 10.1 Å². The summed E-state index contributed by atoms with van der Waals surface area (Å²) in [7, 11) is 0. The molecule has 4 aliphatic rings. The summed E-state index contributed by atoms with van der Waals surface area (Å²) in [5.74, 6) is 1.89. The maximum Gasteiger partial charge on any atom is 0.244 e. The Morgan fingerprint density at radius 3 is 2.62 bits per heavy atom. The second kappa shape index (κ2) is 5.54. The highest BCUT2D eigenvalue weighted by atomic mass is 16.5. The molecule has 1 N–H and O–H groups in total. The van der Waals surface area contributed by atoms with Crippen molar-refractivity contribution in [3.05, 3.63) is 0 Å². The molecule has 4 rings (SSSR count). The van der Waals surface area contributed by atoms with Crippen LogP contribution in [0.2, 0.25) is 0 Å². The lowest BCUT2D eigenvalue weighted by atomic mass is 10.0. The average molecular weight is 292 g/mol. The Hall–Kier alpha value is -0.610. The minimum atomic E-state index is -0.151. The van der Waals surface area contributed by atoms with Gasteiger partial charge >= 0.3 is 0 Å². The fourth-order valence-electron chi connectivity index (χ4n) is 4.06. The summed E-state index contributed by atoms with van der Waals surface area (Å²) in [4.78, 5) is 14.8. The summed E-state index contributed by atoms with van der Waals surface area (Å²) in [6, 6.07) is 0. The van der Waals surface area contributed by atoms with Gasteiger partial charge < -0.3 is 9.64 Å². The predicted octanol–water partition coefficient (Wildman–Crippen LogP) is 2.28. The number of hydrogen-bond acceptors (Lipinski definition) is 3. The number of rotatable bonds is 7. The van der Waals surface area contributed by atoms with Gasteiger partial charge in [0.1, 0.15) is 0 Å². The Balaban J connectivity index is 1.30. The summed E-state index contributed by atoms with van der Waals surface area (Å²) in [6.45, 7) is 2.62. The van der Waals surface area contributed by atoms with E-state index in [2.05, 4.69) is 10.2 Å². The van der Waals surface area contributed by atoms with Crippen LogP contribution in [0.1, 0.15) is 57.8 Å². The predicted molar refractivity (Wildman–Crippen MR) is 80.7 cm³/mol. The van der Waals surface area contributed by atoms with Crippen LogP contribution >= 0.6 is 0 Å². The van der Waals surface area contributed by atoms with E-state index in [4.69, 9.17) is 4.74 Å². The minimum Gasteiger partial charge on any atom is -0.381 e. The molecule has 1 unspecified atom stereocenters. The van der Waals surface area contributed by atoms with Gasteiger partial charge in [0.25, 0.3) is 0 Å². The Labute approximate surface area is 127 Å². The molecule has 0 aromatic carbocycles. The molecule has 4 heteroatoms. The van der Waals surface area contributed by atoms with Crippen LogP contribution in [-0.2, 0) is 9.53 Å². The first kappa shape index (κ1) is 14.0. The Morgan fingerprint density at radius 1 is 1.19 bits per heavy atom. The molecule has 3 saturated carbocycles. The highest BCUT2D eigenvalue weighted by molar-refractivity contribution is 5.91. The van der Waals surface area contributed by atoms with E-state index in [1.165, 1.54) is 38.5 Å². The van der Waals surface area contributed by atoms with Crippen molar-refractivity contribution in [1.29, 1.82) is 0 Å². The molecule has 1 heterocycles. The lowest BCUT2D eigenvalue weighted by molar-refractivity contribution is -0.131. The van der Waals surface area contributed by atoms with Crippen LogP contribution in [0, 0.1) is 11.8 Å². The van der Waals surface area contributed by atoms with Crippen molar-refractivity contribution in [1.82, 2.24) is 10.2 Å². The Bertz CT molecular complexity index is 398. The monoisotopic (exact) mass is 292 g/mol. The zero-order valence-electron chi connectivity index (χ0n) is 13.0. The van der Waals surface area contributed by atoms with E-state index in [-0.39, 0.29) is 5.54 Å². The van der Waals surface area contributed by atoms with Crippen LogP contribution in [0.5, 0.6) is 0 Å². The summed E-state index contributed by atoms with van der Waals surface area (Å²) >= 11 is 0. The molecule has 3 aliphatic carbocycles. The molecule has 4 fully saturated rings. The van der Waals surface area contributed by atoms with E-state index < -0.39 is 0 Å². The summed E-state index contributed by atoms with van der Waals surface area (Å²) in [5.41, 5.74) is -0.151. The number of nitrogens with one attached hydrogen (secondary N) is 1. The van der Waals surface area contributed by atoms with Gasteiger partial charge in [0.2, 0.25) is 5.91 Å². The fourth-order valence-corrected chi connectivity index (χ4v) is 4.06. The van der Waals surface area contributed by atoms with Crippen LogP contribution in [0.4, 0.5) is 0 Å². The van der Waals surface area contributed by atoms with Gasteiger partial charge in [-0.05, 0) is 56.8 Å².